The van der Waals surface area contributed by atoms with Gasteiger partial charge < -0.3 is 10.2 Å². The smallest absolute Gasteiger partial charge is 0.211 e. The molecule has 1 N–H and O–H groups in total. The summed E-state index contributed by atoms with van der Waals surface area (Å²) in [5, 5.41) is 3.47. The molecule has 1 aromatic rings. The molecule has 0 saturated carbocycles. The topological polar surface area (TPSA) is 52.7 Å². The van der Waals surface area contributed by atoms with Gasteiger partial charge in [-0.15, -0.1) is 0 Å². The van der Waals surface area contributed by atoms with Crippen LogP contribution in [0.1, 0.15) is 30.4 Å². The van der Waals surface area contributed by atoms with Crippen molar-refractivity contribution >= 4 is 10.0 Å². The maximum Gasteiger partial charge on any atom is 0.211 e. The zero-order chi connectivity index (χ0) is 18.2. The van der Waals surface area contributed by atoms with Crippen LogP contribution in [-0.4, -0.2) is 63.1 Å². The fourth-order valence-electron chi connectivity index (χ4n) is 5.17. The van der Waals surface area contributed by atoms with Gasteiger partial charge in [0.25, 0.3) is 0 Å². The van der Waals surface area contributed by atoms with E-state index in [4.69, 9.17) is 0 Å². The molecule has 5 nitrogen and oxygen atoms in total. The van der Waals surface area contributed by atoms with Gasteiger partial charge in [0.15, 0.2) is 0 Å². The highest BCUT2D eigenvalue weighted by molar-refractivity contribution is 7.88. The average Bonchev–Trinajstić information content (AvgIpc) is 3.02. The monoisotopic (exact) mass is 377 g/mol. The van der Waals surface area contributed by atoms with Gasteiger partial charge in [-0.3, -0.25) is 0 Å². The van der Waals surface area contributed by atoms with Gasteiger partial charge in [0.1, 0.15) is 0 Å². The highest BCUT2D eigenvalue weighted by Gasteiger charge is 2.41. The standard InChI is InChI=1S/C20H31N3O2S/c1-26(24,25)23-14-19-6-3-2-5-18(19)11-20(16-23)8-4-10-22(15-20)13-17-7-9-21-12-17/h2-3,5-6,17,21H,4,7-16H2,1H3. The Balaban J connectivity index is 1.60. The first-order valence-electron chi connectivity index (χ1n) is 9.89. The molecule has 1 aromatic carbocycles. The van der Waals surface area contributed by atoms with E-state index in [-0.39, 0.29) is 5.41 Å². The van der Waals surface area contributed by atoms with E-state index in [1.165, 1.54) is 30.2 Å². The predicted molar refractivity (Wildman–Crippen MR) is 104 cm³/mol. The average molecular weight is 378 g/mol. The molecule has 26 heavy (non-hydrogen) atoms. The van der Waals surface area contributed by atoms with Crippen molar-refractivity contribution in [3.8, 4) is 0 Å². The van der Waals surface area contributed by atoms with Gasteiger partial charge >= 0.3 is 0 Å². The zero-order valence-electron chi connectivity index (χ0n) is 15.8. The molecule has 2 atom stereocenters. The third-order valence-electron chi connectivity index (χ3n) is 6.43. The molecule has 3 aliphatic rings. The Morgan fingerprint density at radius 2 is 2.04 bits per heavy atom. The summed E-state index contributed by atoms with van der Waals surface area (Å²) >= 11 is 0. The van der Waals surface area contributed by atoms with Crippen molar-refractivity contribution in [2.45, 2.75) is 32.2 Å². The minimum atomic E-state index is -3.20. The van der Waals surface area contributed by atoms with Crippen LogP contribution in [0.3, 0.4) is 0 Å². The van der Waals surface area contributed by atoms with Crippen LogP contribution in [0.5, 0.6) is 0 Å². The molecular weight excluding hydrogens is 346 g/mol. The molecule has 2 unspecified atom stereocenters. The summed E-state index contributed by atoms with van der Waals surface area (Å²) in [6.07, 6.45) is 5.91. The van der Waals surface area contributed by atoms with Crippen LogP contribution >= 0.6 is 0 Å². The Morgan fingerprint density at radius 1 is 1.23 bits per heavy atom. The van der Waals surface area contributed by atoms with Crippen LogP contribution in [0.2, 0.25) is 0 Å². The summed E-state index contributed by atoms with van der Waals surface area (Å²) in [6, 6.07) is 8.41. The summed E-state index contributed by atoms with van der Waals surface area (Å²) in [6.45, 7) is 6.75. The van der Waals surface area contributed by atoms with E-state index in [9.17, 15) is 8.42 Å². The maximum absolute atomic E-state index is 12.4. The van der Waals surface area contributed by atoms with Crippen LogP contribution in [0.4, 0.5) is 0 Å². The van der Waals surface area contributed by atoms with E-state index in [2.05, 4.69) is 28.4 Å². The third-order valence-corrected chi connectivity index (χ3v) is 7.63. The van der Waals surface area contributed by atoms with E-state index in [0.717, 1.165) is 51.5 Å². The lowest BCUT2D eigenvalue weighted by molar-refractivity contribution is 0.0636. The van der Waals surface area contributed by atoms with Crippen LogP contribution in [0.25, 0.3) is 0 Å². The number of hydrogen-bond acceptors (Lipinski definition) is 4. The number of benzene rings is 1. The second-order valence-electron chi connectivity index (χ2n) is 8.67. The molecule has 144 valence electrons. The molecule has 2 saturated heterocycles. The molecule has 1 spiro atoms. The van der Waals surface area contributed by atoms with E-state index in [1.807, 2.05) is 6.07 Å². The molecule has 0 radical (unpaired) electrons. The second-order valence-corrected chi connectivity index (χ2v) is 10.7. The fraction of sp³-hybridized carbons (Fsp3) is 0.700. The summed E-state index contributed by atoms with van der Waals surface area (Å²) in [5.41, 5.74) is 2.55. The van der Waals surface area contributed by atoms with Gasteiger partial charge in [-0.05, 0) is 62.4 Å². The first-order chi connectivity index (χ1) is 12.4. The van der Waals surface area contributed by atoms with Crippen molar-refractivity contribution < 1.29 is 8.42 Å². The minimum absolute atomic E-state index is 0.0416. The van der Waals surface area contributed by atoms with Crippen LogP contribution in [0, 0.1) is 11.3 Å². The van der Waals surface area contributed by atoms with Crippen LogP contribution in [-0.2, 0) is 23.0 Å². The first-order valence-corrected chi connectivity index (χ1v) is 11.7. The number of nitrogens with zero attached hydrogens (tertiary/aromatic N) is 2. The van der Waals surface area contributed by atoms with Gasteiger partial charge in [-0.2, -0.15) is 4.31 Å². The number of rotatable bonds is 3. The molecule has 6 heteroatoms. The maximum atomic E-state index is 12.4. The summed E-state index contributed by atoms with van der Waals surface area (Å²) in [7, 11) is -3.20. The van der Waals surface area contributed by atoms with Gasteiger partial charge in [0.05, 0.1) is 6.26 Å². The van der Waals surface area contributed by atoms with Crippen molar-refractivity contribution in [3.05, 3.63) is 35.4 Å². The highest BCUT2D eigenvalue weighted by Crippen LogP contribution is 2.39. The summed E-state index contributed by atoms with van der Waals surface area (Å²) in [5.74, 6) is 0.745. The lowest BCUT2D eigenvalue weighted by Gasteiger charge is -2.44. The molecule has 0 aliphatic carbocycles. The van der Waals surface area contributed by atoms with E-state index in [0.29, 0.717) is 13.1 Å². The Kier molecular flexibility index (Phi) is 5.12. The Morgan fingerprint density at radius 3 is 2.77 bits per heavy atom. The quantitative estimate of drug-likeness (QED) is 0.871. The predicted octanol–water partition coefficient (Wildman–Crippen LogP) is 1.70. The molecule has 3 aliphatic heterocycles. The van der Waals surface area contributed by atoms with Crippen LogP contribution in [0.15, 0.2) is 24.3 Å². The normalized spacial score (nSPS) is 31.0. The molecule has 3 heterocycles. The molecule has 4 rings (SSSR count). The largest absolute Gasteiger partial charge is 0.316 e. The van der Waals surface area contributed by atoms with Gasteiger partial charge in [0, 0.05) is 31.6 Å². The van der Waals surface area contributed by atoms with Crippen molar-refractivity contribution in [2.24, 2.45) is 11.3 Å². The molecular formula is C20H31N3O2S. The van der Waals surface area contributed by atoms with E-state index < -0.39 is 10.0 Å². The number of nitrogens with one attached hydrogen (secondary N) is 1. The lowest BCUT2D eigenvalue weighted by atomic mass is 9.75. The van der Waals surface area contributed by atoms with Gasteiger partial charge in [0.2, 0.25) is 10.0 Å². The van der Waals surface area contributed by atoms with Gasteiger partial charge in [-0.25, -0.2) is 8.42 Å². The SMILES string of the molecule is CS(=O)(=O)N1Cc2ccccc2CC2(CCCN(CC3CCNC3)C2)C1. The summed E-state index contributed by atoms with van der Waals surface area (Å²) in [4.78, 5) is 2.61. The number of hydrogen-bond donors (Lipinski definition) is 1. The number of piperidine rings is 1. The van der Waals surface area contributed by atoms with Crippen LogP contribution < -0.4 is 5.32 Å². The Labute approximate surface area is 157 Å². The Bertz CT molecular complexity index is 745. The zero-order valence-corrected chi connectivity index (χ0v) is 16.6. The van der Waals surface area contributed by atoms with Crippen molar-refractivity contribution in [1.29, 1.82) is 0 Å². The molecule has 0 aromatic heterocycles. The van der Waals surface area contributed by atoms with Crippen molar-refractivity contribution in [3.63, 3.8) is 0 Å². The molecule has 0 amide bonds. The van der Waals surface area contributed by atoms with E-state index >= 15 is 0 Å². The van der Waals surface area contributed by atoms with E-state index in [1.54, 1.807) is 4.31 Å². The lowest BCUT2D eigenvalue weighted by Crippen LogP contribution is -2.51. The first kappa shape index (κ1) is 18.4. The third kappa shape index (κ3) is 3.98. The fourth-order valence-corrected chi connectivity index (χ4v) is 6.06. The second kappa shape index (κ2) is 7.23. The van der Waals surface area contributed by atoms with Gasteiger partial charge in [-0.1, -0.05) is 24.3 Å². The minimum Gasteiger partial charge on any atom is -0.316 e. The highest BCUT2D eigenvalue weighted by atomic mass is 32.2. The molecule has 2 fully saturated rings. The number of fused-ring (bicyclic) bond motifs is 1. The van der Waals surface area contributed by atoms with Crippen molar-refractivity contribution in [2.75, 3.05) is 45.5 Å². The number of likely N-dealkylation sites (tertiary alicyclic amines) is 1. The summed E-state index contributed by atoms with van der Waals surface area (Å²) < 4.78 is 26.6. The number of sulfonamides is 1. The molecule has 0 bridgehead atoms. The van der Waals surface area contributed by atoms with Crippen molar-refractivity contribution in [1.82, 2.24) is 14.5 Å². The Hall–Kier alpha value is -0.950.